The number of rotatable bonds is 4. The van der Waals surface area contributed by atoms with Crippen LogP contribution < -0.4 is 4.74 Å². The van der Waals surface area contributed by atoms with Crippen LogP contribution in [0.3, 0.4) is 0 Å². The van der Waals surface area contributed by atoms with Crippen molar-refractivity contribution in [3.63, 3.8) is 0 Å². The average molecular weight is 330 g/mol. The summed E-state index contributed by atoms with van der Waals surface area (Å²) in [6, 6.07) is 8.21. The number of nitrogens with zero attached hydrogens (tertiary/aromatic N) is 2. The fraction of sp³-hybridized carbons (Fsp3) is 0.500. The van der Waals surface area contributed by atoms with E-state index in [9.17, 15) is 0 Å². The van der Waals surface area contributed by atoms with Gasteiger partial charge in [0.1, 0.15) is 11.9 Å². The van der Waals surface area contributed by atoms with Crippen LogP contribution in [-0.2, 0) is 11.3 Å². The lowest BCUT2D eigenvalue weighted by molar-refractivity contribution is -0.0536. The van der Waals surface area contributed by atoms with E-state index in [1.54, 1.807) is 12.4 Å². The molecule has 5 heteroatoms. The summed E-state index contributed by atoms with van der Waals surface area (Å²) < 4.78 is 12.3. The van der Waals surface area contributed by atoms with Gasteiger partial charge in [-0.25, -0.2) is 0 Å². The minimum atomic E-state index is -0.0254. The lowest BCUT2D eigenvalue weighted by atomic mass is 9.89. The smallest absolute Gasteiger partial charge is 0.138 e. The molecule has 2 fully saturated rings. The highest BCUT2D eigenvalue weighted by Gasteiger charge is 2.44. The van der Waals surface area contributed by atoms with Gasteiger partial charge in [0.25, 0.3) is 0 Å². The van der Waals surface area contributed by atoms with Gasteiger partial charge in [-0.1, -0.05) is 6.07 Å². The monoisotopic (exact) mass is 330 g/mol. The molecule has 2 aromatic heterocycles. The maximum atomic E-state index is 6.23. The molecule has 2 aliphatic heterocycles. The molecule has 4 nitrogen and oxygen atoms in total. The van der Waals surface area contributed by atoms with Crippen molar-refractivity contribution < 1.29 is 9.47 Å². The summed E-state index contributed by atoms with van der Waals surface area (Å²) >= 11 is 1.84. The van der Waals surface area contributed by atoms with Crippen molar-refractivity contribution in [3.8, 4) is 5.75 Å². The van der Waals surface area contributed by atoms with Gasteiger partial charge < -0.3 is 9.47 Å². The maximum Gasteiger partial charge on any atom is 0.138 e. The number of hydrogen-bond acceptors (Lipinski definition) is 5. The number of hydrogen-bond donors (Lipinski definition) is 0. The van der Waals surface area contributed by atoms with Gasteiger partial charge in [-0.15, -0.1) is 11.3 Å². The minimum Gasteiger partial charge on any atom is -0.486 e. The predicted octanol–water partition coefficient (Wildman–Crippen LogP) is 3.35. The molecule has 0 aromatic carbocycles. The molecule has 0 bridgehead atoms. The molecule has 122 valence electrons. The van der Waals surface area contributed by atoms with Crippen molar-refractivity contribution >= 4 is 11.3 Å². The number of likely N-dealkylation sites (tertiary alicyclic amines) is 1. The molecular weight excluding hydrogens is 308 g/mol. The molecule has 2 unspecified atom stereocenters. The Balaban J connectivity index is 1.37. The molecule has 1 spiro atoms. The first-order valence-electron chi connectivity index (χ1n) is 8.27. The standard InChI is InChI=1S/C18H22N2O2S/c1-4-15(11-19-7-1)22-16-10-18(21-13-16)6-3-8-20(14-18)12-17-5-2-9-23-17/h1-2,4-5,7,9,11,16H,3,6,8,10,12-14H2. The first kappa shape index (κ1) is 15.1. The topological polar surface area (TPSA) is 34.6 Å². The van der Waals surface area contributed by atoms with E-state index in [0.717, 1.165) is 38.2 Å². The predicted molar refractivity (Wildman–Crippen MR) is 90.8 cm³/mol. The highest BCUT2D eigenvalue weighted by atomic mass is 32.1. The Morgan fingerprint density at radius 1 is 1.39 bits per heavy atom. The van der Waals surface area contributed by atoms with Crippen molar-refractivity contribution in [2.24, 2.45) is 0 Å². The first-order valence-corrected chi connectivity index (χ1v) is 9.15. The minimum absolute atomic E-state index is 0.0254. The molecule has 4 heterocycles. The van der Waals surface area contributed by atoms with Crippen LogP contribution >= 0.6 is 11.3 Å². The van der Waals surface area contributed by atoms with Crippen LogP contribution in [0.15, 0.2) is 42.0 Å². The molecule has 0 aliphatic carbocycles. The molecule has 0 amide bonds. The van der Waals surface area contributed by atoms with E-state index in [2.05, 4.69) is 27.4 Å². The summed E-state index contributed by atoms with van der Waals surface area (Å²) in [6.45, 7) is 3.90. The van der Waals surface area contributed by atoms with Crippen LogP contribution in [0.2, 0.25) is 0 Å². The molecule has 2 atom stereocenters. The zero-order valence-corrected chi connectivity index (χ0v) is 14.0. The average Bonchev–Trinajstić information content (AvgIpc) is 3.19. The van der Waals surface area contributed by atoms with Crippen LogP contribution in [0.25, 0.3) is 0 Å². The second kappa shape index (κ2) is 6.59. The summed E-state index contributed by atoms with van der Waals surface area (Å²) in [5.74, 6) is 0.837. The number of ether oxygens (including phenoxy) is 2. The number of aromatic nitrogens is 1. The summed E-state index contributed by atoms with van der Waals surface area (Å²) in [5.41, 5.74) is -0.0254. The van der Waals surface area contributed by atoms with E-state index in [4.69, 9.17) is 9.47 Å². The second-order valence-electron chi connectivity index (χ2n) is 6.52. The fourth-order valence-electron chi connectivity index (χ4n) is 3.72. The van der Waals surface area contributed by atoms with E-state index in [1.165, 1.54) is 11.3 Å². The molecule has 23 heavy (non-hydrogen) atoms. The van der Waals surface area contributed by atoms with E-state index in [1.807, 2.05) is 23.5 Å². The van der Waals surface area contributed by atoms with Gasteiger partial charge in [0, 0.05) is 30.6 Å². The van der Waals surface area contributed by atoms with Gasteiger partial charge >= 0.3 is 0 Å². The van der Waals surface area contributed by atoms with E-state index >= 15 is 0 Å². The number of thiophene rings is 1. The highest BCUT2D eigenvalue weighted by Crippen LogP contribution is 2.36. The third kappa shape index (κ3) is 3.57. The number of piperidine rings is 1. The van der Waals surface area contributed by atoms with Crippen LogP contribution in [0.4, 0.5) is 0 Å². The Hall–Kier alpha value is -1.43. The Labute approximate surface area is 141 Å². The van der Waals surface area contributed by atoms with Crippen molar-refractivity contribution in [2.75, 3.05) is 19.7 Å². The van der Waals surface area contributed by atoms with Gasteiger partial charge in [-0.05, 0) is 43.0 Å². The summed E-state index contributed by atoms with van der Waals surface area (Å²) in [5, 5.41) is 2.15. The summed E-state index contributed by atoms with van der Waals surface area (Å²) in [6.07, 6.45) is 6.99. The van der Waals surface area contributed by atoms with Crippen LogP contribution in [0.5, 0.6) is 5.75 Å². The normalized spacial score (nSPS) is 28.3. The fourth-order valence-corrected chi connectivity index (χ4v) is 4.47. The van der Waals surface area contributed by atoms with Crippen molar-refractivity contribution in [2.45, 2.75) is 37.5 Å². The number of pyridine rings is 1. The summed E-state index contributed by atoms with van der Waals surface area (Å²) in [4.78, 5) is 8.07. The Morgan fingerprint density at radius 2 is 2.39 bits per heavy atom. The van der Waals surface area contributed by atoms with Gasteiger partial charge in [0.15, 0.2) is 0 Å². The molecule has 2 aromatic rings. The lowest BCUT2D eigenvalue weighted by Crippen LogP contribution is -2.47. The van der Waals surface area contributed by atoms with Gasteiger partial charge in [-0.2, -0.15) is 0 Å². The molecule has 2 aliphatic rings. The quantitative estimate of drug-likeness (QED) is 0.861. The molecular formula is C18H22N2O2S. The van der Waals surface area contributed by atoms with Crippen molar-refractivity contribution in [1.82, 2.24) is 9.88 Å². The third-order valence-corrected chi connectivity index (χ3v) is 5.55. The van der Waals surface area contributed by atoms with Crippen LogP contribution in [-0.4, -0.2) is 41.3 Å². The van der Waals surface area contributed by atoms with Crippen LogP contribution in [0.1, 0.15) is 24.1 Å². The Kier molecular flexibility index (Phi) is 4.33. The maximum absolute atomic E-state index is 6.23. The van der Waals surface area contributed by atoms with Crippen LogP contribution in [0, 0.1) is 0 Å². The first-order chi connectivity index (χ1) is 11.3. The van der Waals surface area contributed by atoms with Gasteiger partial charge in [0.2, 0.25) is 0 Å². The highest BCUT2D eigenvalue weighted by molar-refractivity contribution is 7.09. The van der Waals surface area contributed by atoms with Crippen molar-refractivity contribution in [3.05, 3.63) is 46.9 Å². The van der Waals surface area contributed by atoms with E-state index in [-0.39, 0.29) is 11.7 Å². The lowest BCUT2D eigenvalue weighted by Gasteiger charge is -2.39. The zero-order valence-electron chi connectivity index (χ0n) is 13.2. The van der Waals surface area contributed by atoms with Gasteiger partial charge in [0.05, 0.1) is 18.4 Å². The largest absolute Gasteiger partial charge is 0.486 e. The molecule has 4 rings (SSSR count). The second-order valence-corrected chi connectivity index (χ2v) is 7.55. The summed E-state index contributed by atoms with van der Waals surface area (Å²) in [7, 11) is 0. The van der Waals surface area contributed by atoms with Gasteiger partial charge in [-0.3, -0.25) is 9.88 Å². The third-order valence-electron chi connectivity index (χ3n) is 4.69. The van der Waals surface area contributed by atoms with E-state index in [0.29, 0.717) is 6.61 Å². The molecule has 0 saturated carbocycles. The van der Waals surface area contributed by atoms with Crippen molar-refractivity contribution in [1.29, 1.82) is 0 Å². The molecule has 0 N–H and O–H groups in total. The van der Waals surface area contributed by atoms with E-state index < -0.39 is 0 Å². The zero-order chi connectivity index (χ0) is 15.5. The molecule has 2 saturated heterocycles. The Morgan fingerprint density at radius 3 is 3.22 bits per heavy atom. The molecule has 0 radical (unpaired) electrons. The SMILES string of the molecule is c1cncc(OC2COC3(CCCN(Cc4cccs4)C3)C2)c1. The Bertz CT molecular complexity index is 619.